The molecule has 0 saturated heterocycles. The predicted octanol–water partition coefficient (Wildman–Crippen LogP) is 5.41. The highest BCUT2D eigenvalue weighted by atomic mass is 16.2. The first kappa shape index (κ1) is 23.9. The fraction of sp³-hybridized carbons (Fsp3) is 0.429. The van der Waals surface area contributed by atoms with Crippen molar-refractivity contribution in [3.63, 3.8) is 0 Å². The van der Waals surface area contributed by atoms with E-state index in [-0.39, 0.29) is 11.9 Å². The molecule has 1 N–H and O–H groups in total. The minimum absolute atomic E-state index is 0.0586. The Balaban J connectivity index is 1.79. The van der Waals surface area contributed by atoms with Gasteiger partial charge in [-0.25, -0.2) is 9.56 Å². The molecule has 3 heterocycles. The number of nitrogens with zero attached hydrogens (tertiary/aromatic N) is 4. The Morgan fingerprint density at radius 1 is 1.21 bits per heavy atom. The van der Waals surface area contributed by atoms with Crippen LogP contribution in [0.5, 0.6) is 0 Å². The van der Waals surface area contributed by atoms with Gasteiger partial charge in [-0.05, 0) is 19.1 Å². The van der Waals surface area contributed by atoms with Crippen LogP contribution in [0.4, 0.5) is 0 Å². The number of nitrogens with one attached hydrogen (secondary N) is 1. The Bertz CT molecular complexity index is 1230. The van der Waals surface area contributed by atoms with E-state index in [0.29, 0.717) is 12.6 Å². The minimum atomic E-state index is -0.313. The second-order valence-corrected chi connectivity index (χ2v) is 8.91. The average molecular weight is 459 g/mol. The number of benzene rings is 1. The van der Waals surface area contributed by atoms with Gasteiger partial charge in [0.2, 0.25) is 0 Å². The normalized spacial score (nSPS) is 17.2. The Hall–Kier alpha value is -3.28. The van der Waals surface area contributed by atoms with Gasteiger partial charge in [0, 0.05) is 50.2 Å². The Morgan fingerprint density at radius 3 is 2.68 bits per heavy atom. The zero-order valence-electron chi connectivity index (χ0n) is 21.0. The molecule has 0 spiro atoms. The molecule has 0 aliphatic carbocycles. The van der Waals surface area contributed by atoms with Crippen LogP contribution in [-0.4, -0.2) is 49.1 Å². The van der Waals surface area contributed by atoms with Crippen LogP contribution in [-0.2, 0) is 11.2 Å². The number of para-hydroxylation sites is 1. The van der Waals surface area contributed by atoms with Crippen molar-refractivity contribution in [1.29, 1.82) is 0 Å². The number of imidazole rings is 1. The number of aromatic amines is 1. The van der Waals surface area contributed by atoms with Crippen LogP contribution < -0.4 is 0 Å². The Kier molecular flexibility index (Phi) is 7.25. The average Bonchev–Trinajstić information content (AvgIpc) is 3.36. The largest absolute Gasteiger partial charge is 0.348 e. The highest BCUT2D eigenvalue weighted by Crippen LogP contribution is 2.34. The third kappa shape index (κ3) is 4.29. The van der Waals surface area contributed by atoms with Gasteiger partial charge in [0.25, 0.3) is 5.91 Å². The first-order chi connectivity index (χ1) is 16.5. The molecular weight excluding hydrogens is 422 g/mol. The number of carbonyl (C=O) groups is 1. The molecule has 0 radical (unpaired) electrons. The van der Waals surface area contributed by atoms with Gasteiger partial charge in [-0.1, -0.05) is 45.0 Å². The maximum Gasteiger partial charge on any atom is 0.256 e. The lowest BCUT2D eigenvalue weighted by atomic mass is 9.97. The van der Waals surface area contributed by atoms with E-state index in [0.717, 1.165) is 64.9 Å². The molecule has 0 bridgehead atoms. The summed E-state index contributed by atoms with van der Waals surface area (Å²) in [5, 5.41) is 1.09. The van der Waals surface area contributed by atoms with Gasteiger partial charge in [-0.2, -0.15) is 0 Å². The van der Waals surface area contributed by atoms with Crippen molar-refractivity contribution in [2.75, 3.05) is 6.54 Å². The molecule has 0 saturated carbocycles. The number of rotatable bonds is 7. The molecule has 6 heteroatoms. The van der Waals surface area contributed by atoms with Gasteiger partial charge >= 0.3 is 0 Å². The maximum atomic E-state index is 14.1. The monoisotopic (exact) mass is 458 g/mol. The molecule has 1 aliphatic rings. The van der Waals surface area contributed by atoms with Gasteiger partial charge in [0.05, 0.1) is 28.8 Å². The van der Waals surface area contributed by atoms with E-state index < -0.39 is 0 Å². The van der Waals surface area contributed by atoms with E-state index in [1.807, 2.05) is 36.1 Å². The smallest absolute Gasteiger partial charge is 0.256 e. The summed E-state index contributed by atoms with van der Waals surface area (Å²) in [7, 11) is 0. The number of carbonyl (C=O) groups excluding carboxylic acids is 1. The van der Waals surface area contributed by atoms with E-state index in [9.17, 15) is 4.79 Å². The van der Waals surface area contributed by atoms with Crippen LogP contribution >= 0.6 is 0 Å². The lowest BCUT2D eigenvalue weighted by Crippen LogP contribution is -2.42. The second kappa shape index (κ2) is 10.3. The molecule has 1 aromatic carbocycles. The van der Waals surface area contributed by atoms with E-state index >= 15 is 0 Å². The first-order valence-electron chi connectivity index (χ1n) is 12.5. The molecule has 0 unspecified atom stereocenters. The van der Waals surface area contributed by atoms with Crippen LogP contribution in [0.25, 0.3) is 10.9 Å². The highest BCUT2D eigenvalue weighted by molar-refractivity contribution is 5.94. The molecule has 2 aromatic heterocycles. The van der Waals surface area contributed by atoms with Crippen LogP contribution in [0.15, 0.2) is 54.0 Å². The molecule has 1 aliphatic heterocycles. The van der Waals surface area contributed by atoms with Crippen LogP contribution in [0.1, 0.15) is 77.0 Å². The quantitative estimate of drug-likeness (QED) is 0.293. The fourth-order valence-electron chi connectivity index (χ4n) is 5.28. The van der Waals surface area contributed by atoms with Gasteiger partial charge in [0.15, 0.2) is 11.7 Å². The summed E-state index contributed by atoms with van der Waals surface area (Å²) >= 11 is 0. The molecule has 0 fully saturated rings. The van der Waals surface area contributed by atoms with Crippen molar-refractivity contribution in [1.82, 2.24) is 19.9 Å². The summed E-state index contributed by atoms with van der Waals surface area (Å²) in [4.78, 5) is 28.9. The maximum absolute atomic E-state index is 14.1. The topological polar surface area (TPSA) is 64.9 Å². The van der Waals surface area contributed by atoms with E-state index in [1.54, 1.807) is 6.33 Å². The molecule has 1 amide bonds. The lowest BCUT2D eigenvalue weighted by Gasteiger charge is -2.35. The van der Waals surface area contributed by atoms with Gasteiger partial charge in [-0.15, -0.1) is 0 Å². The molecule has 6 nitrogen and oxygen atoms in total. The number of allylic oxidation sites excluding steroid dienone is 1. The third-order valence-electron chi connectivity index (χ3n) is 7.10. The Morgan fingerprint density at radius 2 is 1.97 bits per heavy atom. The molecule has 34 heavy (non-hydrogen) atoms. The first-order valence-corrected chi connectivity index (χ1v) is 12.5. The highest BCUT2D eigenvalue weighted by Gasteiger charge is 2.37. The third-order valence-corrected chi connectivity index (χ3v) is 7.10. The summed E-state index contributed by atoms with van der Waals surface area (Å²) in [5.41, 5.74) is 5.66. The number of pyridine rings is 1. The summed E-state index contributed by atoms with van der Waals surface area (Å²) in [6.45, 7) is 11.2. The summed E-state index contributed by atoms with van der Waals surface area (Å²) in [6, 6.07) is 12.3. The van der Waals surface area contributed by atoms with Crippen LogP contribution in [0.3, 0.4) is 0 Å². The standard InChI is InChI=1S/C28H36N5O/c1-6-21(7-2)32(9-4)25(8-3)19(5)28(34)33-17-16-23-26(30-18-29-23)27(33)24-15-14-20-12-10-11-13-22(20)31-24/h9-15,18,21,27H,6-8,16-17H2,1-5H3,(H,29,30)/q+1/b25-19+,32-9?/t27-/m1/s1. The van der Waals surface area contributed by atoms with Gasteiger partial charge < -0.3 is 9.88 Å². The van der Waals surface area contributed by atoms with E-state index in [1.165, 1.54) is 0 Å². The fourth-order valence-corrected chi connectivity index (χ4v) is 5.28. The molecule has 178 valence electrons. The number of amides is 1. The number of hydrogen-bond donors (Lipinski definition) is 1. The zero-order valence-corrected chi connectivity index (χ0v) is 21.0. The molecule has 4 rings (SSSR count). The number of H-pyrrole nitrogens is 1. The summed E-state index contributed by atoms with van der Waals surface area (Å²) in [5.74, 6) is 0.0586. The van der Waals surface area contributed by atoms with Crippen molar-refractivity contribution < 1.29 is 9.37 Å². The van der Waals surface area contributed by atoms with Gasteiger partial charge in [-0.3, -0.25) is 9.78 Å². The second-order valence-electron chi connectivity index (χ2n) is 8.91. The molecule has 3 aromatic rings. The summed E-state index contributed by atoms with van der Waals surface area (Å²) in [6.07, 6.45) is 7.49. The SMILES string of the molecule is CC=[N+](/C(CC)=C(\C)C(=O)N1CCc2[nH]cnc2[C@H]1c1ccc2ccccc2n1)C(CC)CC. The van der Waals surface area contributed by atoms with Crippen molar-refractivity contribution in [2.45, 2.75) is 72.4 Å². The zero-order chi connectivity index (χ0) is 24.2. The van der Waals surface area contributed by atoms with Crippen LogP contribution in [0, 0.1) is 0 Å². The van der Waals surface area contributed by atoms with Crippen molar-refractivity contribution in [3.8, 4) is 0 Å². The van der Waals surface area contributed by atoms with E-state index in [2.05, 4.69) is 60.6 Å². The predicted molar refractivity (Wildman–Crippen MR) is 137 cm³/mol. The van der Waals surface area contributed by atoms with Crippen molar-refractivity contribution in [3.05, 3.63) is 71.1 Å². The van der Waals surface area contributed by atoms with Crippen molar-refractivity contribution >= 4 is 23.0 Å². The number of aromatic nitrogens is 3. The lowest BCUT2D eigenvalue weighted by molar-refractivity contribution is -0.518. The minimum Gasteiger partial charge on any atom is -0.348 e. The number of fused-ring (bicyclic) bond motifs is 2. The van der Waals surface area contributed by atoms with Crippen LogP contribution in [0.2, 0.25) is 0 Å². The molecule has 1 atom stereocenters. The van der Waals surface area contributed by atoms with E-state index in [4.69, 9.17) is 4.98 Å². The summed E-state index contributed by atoms with van der Waals surface area (Å²) < 4.78 is 2.31. The van der Waals surface area contributed by atoms with Crippen molar-refractivity contribution in [2.24, 2.45) is 0 Å². The Labute approximate surface area is 202 Å². The van der Waals surface area contributed by atoms with Gasteiger partial charge in [0.1, 0.15) is 12.3 Å². The number of hydrogen-bond acceptors (Lipinski definition) is 3. The molecular formula is C28H36N5O+.